The second kappa shape index (κ2) is 10.1. The molecule has 1 aliphatic rings. The summed E-state index contributed by atoms with van der Waals surface area (Å²) < 4.78 is 6.98. The van der Waals surface area contributed by atoms with Crippen molar-refractivity contribution in [3.8, 4) is 16.9 Å². The van der Waals surface area contributed by atoms with Gasteiger partial charge in [0, 0.05) is 23.3 Å². The number of thiazole rings is 1. The van der Waals surface area contributed by atoms with Gasteiger partial charge in [0.1, 0.15) is 11.8 Å². The van der Waals surface area contributed by atoms with E-state index in [9.17, 15) is 9.59 Å². The summed E-state index contributed by atoms with van der Waals surface area (Å²) in [6.07, 6.45) is 8.17. The predicted octanol–water partition coefficient (Wildman–Crippen LogP) is 5.44. The van der Waals surface area contributed by atoms with Crippen LogP contribution in [0.3, 0.4) is 0 Å². The summed E-state index contributed by atoms with van der Waals surface area (Å²) in [6.45, 7) is 1.90. The molecule has 1 atom stereocenters. The van der Waals surface area contributed by atoms with Gasteiger partial charge in [0.25, 0.3) is 5.56 Å². The van der Waals surface area contributed by atoms with Crippen LogP contribution in [0.1, 0.15) is 50.3 Å². The lowest BCUT2D eigenvalue weighted by molar-refractivity contribution is -0.120. The van der Waals surface area contributed by atoms with E-state index in [0.29, 0.717) is 17.5 Å². The number of methoxy groups -OCH3 is 1. The third-order valence-electron chi connectivity index (χ3n) is 6.22. The Hall–Kier alpha value is -2.93. The molecule has 0 aliphatic heterocycles. The monoisotopic (exact) mass is 451 g/mol. The normalized spacial score (nSPS) is 15.3. The minimum absolute atomic E-state index is 0.169. The lowest BCUT2D eigenvalue weighted by atomic mass is 9.84. The summed E-state index contributed by atoms with van der Waals surface area (Å²) >= 11 is 1.38. The van der Waals surface area contributed by atoms with Crippen LogP contribution in [-0.2, 0) is 4.79 Å². The first-order valence-corrected chi connectivity index (χ1v) is 12.0. The molecule has 1 aromatic carbocycles. The van der Waals surface area contributed by atoms with Gasteiger partial charge in [-0.1, -0.05) is 44.2 Å². The highest BCUT2D eigenvalue weighted by Crippen LogP contribution is 2.32. The Morgan fingerprint density at radius 1 is 1.22 bits per heavy atom. The molecular formula is C25H29N3O3S. The molecule has 168 valence electrons. The van der Waals surface area contributed by atoms with Crippen LogP contribution in [0, 0.1) is 12.8 Å². The van der Waals surface area contributed by atoms with Crippen molar-refractivity contribution in [2.75, 3.05) is 12.4 Å². The Morgan fingerprint density at radius 3 is 2.72 bits per heavy atom. The summed E-state index contributed by atoms with van der Waals surface area (Å²) in [5.41, 5.74) is 2.33. The van der Waals surface area contributed by atoms with E-state index in [-0.39, 0.29) is 11.5 Å². The minimum Gasteiger partial charge on any atom is -0.497 e. The molecule has 0 radical (unpaired) electrons. The zero-order valence-corrected chi connectivity index (χ0v) is 19.4. The van der Waals surface area contributed by atoms with Crippen molar-refractivity contribution in [3.05, 3.63) is 64.0 Å². The quantitative estimate of drug-likeness (QED) is 0.519. The Morgan fingerprint density at radius 2 is 2.03 bits per heavy atom. The van der Waals surface area contributed by atoms with Crippen LogP contribution in [0.25, 0.3) is 11.1 Å². The number of hydrogen-bond acceptors (Lipinski definition) is 5. The number of nitrogens with one attached hydrogen (secondary N) is 1. The predicted molar refractivity (Wildman–Crippen MR) is 128 cm³/mol. The Bertz CT molecular complexity index is 1120. The van der Waals surface area contributed by atoms with Gasteiger partial charge in [0.15, 0.2) is 5.13 Å². The molecule has 0 saturated heterocycles. The molecule has 6 nitrogen and oxygen atoms in total. The molecule has 1 aliphatic carbocycles. The number of hydrogen-bond donors (Lipinski definition) is 1. The molecule has 32 heavy (non-hydrogen) atoms. The Balaban J connectivity index is 1.68. The molecule has 2 aromatic heterocycles. The number of rotatable bonds is 7. The van der Waals surface area contributed by atoms with E-state index in [2.05, 4.69) is 10.3 Å². The third kappa shape index (κ3) is 5.10. The molecule has 0 unspecified atom stereocenters. The number of nitrogens with zero attached hydrogens (tertiary/aromatic N) is 2. The molecule has 2 heterocycles. The number of carbonyl (C=O) groups excluding carboxylic acids is 1. The average molecular weight is 452 g/mol. The summed E-state index contributed by atoms with van der Waals surface area (Å²) in [7, 11) is 1.62. The van der Waals surface area contributed by atoms with Gasteiger partial charge in [-0.25, -0.2) is 4.98 Å². The van der Waals surface area contributed by atoms with Crippen molar-refractivity contribution >= 4 is 22.4 Å². The minimum atomic E-state index is -0.561. The maximum Gasteiger partial charge on any atom is 0.252 e. The van der Waals surface area contributed by atoms with Gasteiger partial charge in [-0.3, -0.25) is 9.59 Å². The van der Waals surface area contributed by atoms with E-state index in [4.69, 9.17) is 4.74 Å². The van der Waals surface area contributed by atoms with Crippen LogP contribution in [-0.4, -0.2) is 22.6 Å². The van der Waals surface area contributed by atoms with Crippen molar-refractivity contribution in [2.45, 2.75) is 51.5 Å². The summed E-state index contributed by atoms with van der Waals surface area (Å²) in [6, 6.07) is 10.7. The van der Waals surface area contributed by atoms with E-state index in [1.54, 1.807) is 23.9 Å². The third-order valence-corrected chi connectivity index (χ3v) is 6.91. The van der Waals surface area contributed by atoms with Gasteiger partial charge in [-0.05, 0) is 48.6 Å². The number of anilines is 1. The maximum atomic E-state index is 13.3. The second-order valence-electron chi connectivity index (χ2n) is 8.41. The van der Waals surface area contributed by atoms with Crippen molar-refractivity contribution in [2.24, 2.45) is 5.92 Å². The molecule has 1 amide bonds. The van der Waals surface area contributed by atoms with Crippen LogP contribution in [0.4, 0.5) is 5.13 Å². The van der Waals surface area contributed by atoms with Crippen LogP contribution < -0.4 is 15.6 Å². The highest BCUT2D eigenvalue weighted by molar-refractivity contribution is 7.13. The fourth-order valence-electron chi connectivity index (χ4n) is 4.62. The van der Waals surface area contributed by atoms with Crippen molar-refractivity contribution in [3.63, 3.8) is 0 Å². The number of carbonyl (C=O) groups is 1. The van der Waals surface area contributed by atoms with Gasteiger partial charge in [0.05, 0.1) is 7.11 Å². The van der Waals surface area contributed by atoms with Gasteiger partial charge in [-0.15, -0.1) is 11.3 Å². The zero-order chi connectivity index (χ0) is 22.5. The maximum absolute atomic E-state index is 13.3. The largest absolute Gasteiger partial charge is 0.497 e. The Kier molecular flexibility index (Phi) is 7.05. The highest BCUT2D eigenvalue weighted by atomic mass is 32.1. The molecular weight excluding hydrogens is 422 g/mol. The number of aromatic nitrogens is 2. The molecule has 3 aromatic rings. The van der Waals surface area contributed by atoms with E-state index < -0.39 is 6.04 Å². The fraction of sp³-hybridized carbons (Fsp3) is 0.400. The number of aryl methyl sites for hydroxylation is 1. The van der Waals surface area contributed by atoms with E-state index in [1.807, 2.05) is 42.6 Å². The first-order chi connectivity index (χ1) is 15.5. The average Bonchev–Trinajstić information content (AvgIpc) is 3.31. The first kappa shape index (κ1) is 22.3. The second-order valence-corrected chi connectivity index (χ2v) is 9.30. The molecule has 1 saturated carbocycles. The van der Waals surface area contributed by atoms with Crippen molar-refractivity contribution < 1.29 is 9.53 Å². The lowest BCUT2D eigenvalue weighted by Crippen LogP contribution is -2.36. The number of pyridine rings is 1. The van der Waals surface area contributed by atoms with E-state index in [0.717, 1.165) is 35.4 Å². The van der Waals surface area contributed by atoms with Gasteiger partial charge in [-0.2, -0.15) is 0 Å². The highest BCUT2D eigenvalue weighted by Gasteiger charge is 2.28. The van der Waals surface area contributed by atoms with Gasteiger partial charge in [0.2, 0.25) is 5.91 Å². The molecule has 7 heteroatoms. The fourth-order valence-corrected chi connectivity index (χ4v) is 5.16. The topological polar surface area (TPSA) is 73.2 Å². The van der Waals surface area contributed by atoms with Gasteiger partial charge < -0.3 is 14.6 Å². The number of benzene rings is 1. The smallest absolute Gasteiger partial charge is 0.252 e. The van der Waals surface area contributed by atoms with Crippen LogP contribution >= 0.6 is 11.3 Å². The SMILES string of the molecule is COc1cccc(-c2cc(C)n([C@@H](CC3CCCCC3)C(=O)Nc3nccs3)c(=O)c2)c1. The summed E-state index contributed by atoms with van der Waals surface area (Å²) in [4.78, 5) is 30.8. The molecule has 0 spiro atoms. The zero-order valence-electron chi connectivity index (χ0n) is 18.5. The molecule has 4 rings (SSSR count). The molecule has 1 fully saturated rings. The van der Waals surface area contributed by atoms with Gasteiger partial charge >= 0.3 is 0 Å². The van der Waals surface area contributed by atoms with Crippen molar-refractivity contribution in [1.82, 2.24) is 9.55 Å². The molecule has 1 N–H and O–H groups in total. The number of ether oxygens (including phenoxy) is 1. The lowest BCUT2D eigenvalue weighted by Gasteiger charge is -2.28. The summed E-state index contributed by atoms with van der Waals surface area (Å²) in [5.74, 6) is 1.01. The molecule has 0 bridgehead atoms. The summed E-state index contributed by atoms with van der Waals surface area (Å²) in [5, 5.41) is 5.30. The first-order valence-electron chi connectivity index (χ1n) is 11.1. The number of amides is 1. The van der Waals surface area contributed by atoms with Crippen LogP contribution in [0.2, 0.25) is 0 Å². The standard InChI is InChI=1S/C25H29N3O3S/c1-17-13-20(19-9-6-10-21(15-19)31-2)16-23(29)28(17)22(14-18-7-4-3-5-8-18)24(30)27-25-26-11-12-32-25/h6,9-13,15-16,18,22H,3-5,7-8,14H2,1-2H3,(H,26,27,30)/t22-/m0/s1. The van der Waals surface area contributed by atoms with Crippen LogP contribution in [0.5, 0.6) is 5.75 Å². The van der Waals surface area contributed by atoms with E-state index in [1.165, 1.54) is 30.6 Å². The Labute approximate surface area is 192 Å². The van der Waals surface area contributed by atoms with E-state index >= 15 is 0 Å². The van der Waals surface area contributed by atoms with Crippen molar-refractivity contribution in [1.29, 1.82) is 0 Å². The van der Waals surface area contributed by atoms with Crippen LogP contribution in [0.15, 0.2) is 52.8 Å².